The van der Waals surface area contributed by atoms with Crippen LogP contribution in [0.2, 0.25) is 5.02 Å². The zero-order valence-corrected chi connectivity index (χ0v) is 23.2. The standard InChI is InChI=1S/C27H36ClN3O5S/c1-4-23(27(33)29-22-10-6-5-7-11-22)30(18-20-14-16-21(28)17-15-20)26(32)19-31(37(3,34)35)24-12-8-9-13-25(24)36-2/h8-9,12-17,22-23H,4-7,10-11,18-19H2,1-3H3,(H,29,33). The average molecular weight is 550 g/mol. The minimum atomic E-state index is -3.85. The topological polar surface area (TPSA) is 96.0 Å². The molecule has 37 heavy (non-hydrogen) atoms. The smallest absolute Gasteiger partial charge is 0.244 e. The predicted molar refractivity (Wildman–Crippen MR) is 146 cm³/mol. The Hall–Kier alpha value is -2.78. The number of nitrogens with zero attached hydrogens (tertiary/aromatic N) is 2. The molecule has 10 heteroatoms. The molecule has 0 spiro atoms. The lowest BCUT2D eigenvalue weighted by atomic mass is 9.95. The highest BCUT2D eigenvalue weighted by molar-refractivity contribution is 7.92. The Labute approximate surface area is 225 Å². The summed E-state index contributed by atoms with van der Waals surface area (Å²) in [5.41, 5.74) is 1.04. The molecule has 0 radical (unpaired) electrons. The number of rotatable bonds is 11. The van der Waals surface area contributed by atoms with E-state index in [1.807, 2.05) is 6.92 Å². The van der Waals surface area contributed by atoms with Crippen LogP contribution in [0.1, 0.15) is 51.0 Å². The summed E-state index contributed by atoms with van der Waals surface area (Å²) >= 11 is 6.05. The third kappa shape index (κ3) is 7.85. The Balaban J connectivity index is 1.93. The molecule has 2 amide bonds. The van der Waals surface area contributed by atoms with E-state index in [0.717, 1.165) is 48.2 Å². The van der Waals surface area contributed by atoms with Crippen LogP contribution in [0.3, 0.4) is 0 Å². The zero-order chi connectivity index (χ0) is 27.0. The van der Waals surface area contributed by atoms with Crippen molar-refractivity contribution >= 4 is 39.1 Å². The van der Waals surface area contributed by atoms with Crippen LogP contribution in [-0.4, -0.2) is 57.1 Å². The van der Waals surface area contributed by atoms with E-state index in [1.54, 1.807) is 48.5 Å². The largest absolute Gasteiger partial charge is 0.495 e. The molecule has 202 valence electrons. The number of para-hydroxylation sites is 2. The lowest BCUT2D eigenvalue weighted by molar-refractivity contribution is -0.140. The Morgan fingerprint density at radius 1 is 1.08 bits per heavy atom. The Kier molecular flexibility index (Phi) is 10.2. The van der Waals surface area contributed by atoms with E-state index in [4.69, 9.17) is 16.3 Å². The van der Waals surface area contributed by atoms with Crippen LogP contribution in [-0.2, 0) is 26.2 Å². The number of amides is 2. The number of benzene rings is 2. The second-order valence-electron chi connectivity index (χ2n) is 9.36. The van der Waals surface area contributed by atoms with Gasteiger partial charge in [0.1, 0.15) is 18.3 Å². The number of hydrogen-bond acceptors (Lipinski definition) is 5. The molecule has 8 nitrogen and oxygen atoms in total. The van der Waals surface area contributed by atoms with E-state index >= 15 is 0 Å². The van der Waals surface area contributed by atoms with Gasteiger partial charge in [0.25, 0.3) is 0 Å². The van der Waals surface area contributed by atoms with Crippen molar-refractivity contribution in [3.8, 4) is 5.75 Å². The van der Waals surface area contributed by atoms with E-state index in [2.05, 4.69) is 5.32 Å². The number of anilines is 1. The Bertz CT molecular complexity index is 1170. The summed E-state index contributed by atoms with van der Waals surface area (Å²) in [5, 5.41) is 3.69. The number of halogens is 1. The molecule has 0 bridgehead atoms. The molecule has 0 saturated heterocycles. The van der Waals surface area contributed by atoms with Crippen molar-refractivity contribution in [1.82, 2.24) is 10.2 Å². The van der Waals surface area contributed by atoms with E-state index in [0.29, 0.717) is 17.2 Å². The van der Waals surface area contributed by atoms with Gasteiger partial charge in [-0.05, 0) is 49.1 Å². The summed E-state index contributed by atoms with van der Waals surface area (Å²) < 4.78 is 32.0. The van der Waals surface area contributed by atoms with Gasteiger partial charge in [0.2, 0.25) is 21.8 Å². The molecular formula is C27H36ClN3O5S. The van der Waals surface area contributed by atoms with Crippen LogP contribution < -0.4 is 14.4 Å². The first-order chi connectivity index (χ1) is 17.6. The molecule has 2 aromatic carbocycles. The molecule has 1 saturated carbocycles. The van der Waals surface area contributed by atoms with Gasteiger partial charge in [-0.2, -0.15) is 0 Å². The van der Waals surface area contributed by atoms with Crippen LogP contribution in [0, 0.1) is 0 Å². The monoisotopic (exact) mass is 549 g/mol. The van der Waals surface area contributed by atoms with Crippen LogP contribution in [0.5, 0.6) is 5.75 Å². The SMILES string of the molecule is CCC(C(=O)NC1CCCCC1)N(Cc1ccc(Cl)cc1)C(=O)CN(c1ccccc1OC)S(C)(=O)=O. The van der Waals surface area contributed by atoms with Crippen molar-refractivity contribution in [2.75, 3.05) is 24.2 Å². The first-order valence-electron chi connectivity index (χ1n) is 12.6. The number of methoxy groups -OCH3 is 1. The van der Waals surface area contributed by atoms with Crippen LogP contribution >= 0.6 is 11.6 Å². The third-order valence-electron chi connectivity index (χ3n) is 6.64. The van der Waals surface area contributed by atoms with Crippen molar-refractivity contribution < 1.29 is 22.7 Å². The Morgan fingerprint density at radius 2 is 1.73 bits per heavy atom. The van der Waals surface area contributed by atoms with Gasteiger partial charge in [-0.25, -0.2) is 8.42 Å². The van der Waals surface area contributed by atoms with Gasteiger partial charge in [-0.1, -0.05) is 62.1 Å². The molecule has 1 unspecified atom stereocenters. The van der Waals surface area contributed by atoms with Gasteiger partial charge in [0.15, 0.2) is 0 Å². The van der Waals surface area contributed by atoms with Crippen LogP contribution in [0.4, 0.5) is 5.69 Å². The summed E-state index contributed by atoms with van der Waals surface area (Å²) in [7, 11) is -2.40. The summed E-state index contributed by atoms with van der Waals surface area (Å²) in [5.74, 6) is -0.385. The average Bonchev–Trinajstić information content (AvgIpc) is 2.88. The van der Waals surface area contributed by atoms with Crippen molar-refractivity contribution in [2.24, 2.45) is 0 Å². The second kappa shape index (κ2) is 13.1. The highest BCUT2D eigenvalue weighted by Gasteiger charge is 2.33. The maximum absolute atomic E-state index is 13.8. The number of ether oxygens (including phenoxy) is 1. The summed E-state index contributed by atoms with van der Waals surface area (Å²) in [6, 6.07) is 13.0. The number of carbonyl (C=O) groups excluding carboxylic acids is 2. The zero-order valence-electron chi connectivity index (χ0n) is 21.7. The maximum atomic E-state index is 13.8. The first-order valence-corrected chi connectivity index (χ1v) is 14.8. The fraction of sp³-hybridized carbons (Fsp3) is 0.481. The van der Waals surface area contributed by atoms with E-state index in [9.17, 15) is 18.0 Å². The van der Waals surface area contributed by atoms with Gasteiger partial charge in [0.05, 0.1) is 19.1 Å². The van der Waals surface area contributed by atoms with Crippen molar-refractivity contribution in [2.45, 2.75) is 64.1 Å². The normalized spacial score (nSPS) is 15.0. The van der Waals surface area contributed by atoms with Crippen LogP contribution in [0.15, 0.2) is 48.5 Å². The highest BCUT2D eigenvalue weighted by Crippen LogP contribution is 2.30. The van der Waals surface area contributed by atoms with Gasteiger partial charge >= 0.3 is 0 Å². The second-order valence-corrected chi connectivity index (χ2v) is 11.7. The summed E-state index contributed by atoms with van der Waals surface area (Å²) in [6.07, 6.45) is 6.56. The maximum Gasteiger partial charge on any atom is 0.244 e. The molecule has 1 atom stereocenters. The summed E-state index contributed by atoms with van der Waals surface area (Å²) in [6.45, 7) is 1.51. The predicted octanol–water partition coefficient (Wildman–Crippen LogP) is 4.37. The first kappa shape index (κ1) is 28.8. The molecular weight excluding hydrogens is 514 g/mol. The van der Waals surface area contributed by atoms with Gasteiger partial charge in [-0.3, -0.25) is 13.9 Å². The quantitative estimate of drug-likeness (QED) is 0.449. The lowest BCUT2D eigenvalue weighted by Gasteiger charge is -2.34. The molecule has 0 aliphatic heterocycles. The molecule has 1 N–H and O–H groups in total. The van der Waals surface area contributed by atoms with Gasteiger partial charge < -0.3 is 15.0 Å². The molecule has 1 fully saturated rings. The minimum absolute atomic E-state index is 0.0869. The third-order valence-corrected chi connectivity index (χ3v) is 8.02. The van der Waals surface area contributed by atoms with Crippen molar-refractivity contribution in [1.29, 1.82) is 0 Å². The van der Waals surface area contributed by atoms with E-state index in [-0.39, 0.29) is 24.2 Å². The number of hydrogen-bond donors (Lipinski definition) is 1. The fourth-order valence-corrected chi connectivity index (χ4v) is 5.66. The van der Waals surface area contributed by atoms with E-state index < -0.39 is 28.5 Å². The number of sulfonamides is 1. The van der Waals surface area contributed by atoms with Crippen molar-refractivity contribution in [3.63, 3.8) is 0 Å². The number of carbonyl (C=O) groups is 2. The molecule has 1 aliphatic rings. The van der Waals surface area contributed by atoms with Gasteiger partial charge in [-0.15, -0.1) is 0 Å². The molecule has 1 aliphatic carbocycles. The van der Waals surface area contributed by atoms with E-state index in [1.165, 1.54) is 12.0 Å². The van der Waals surface area contributed by atoms with Crippen molar-refractivity contribution in [3.05, 3.63) is 59.1 Å². The summed E-state index contributed by atoms with van der Waals surface area (Å²) in [4.78, 5) is 28.7. The number of nitrogens with one attached hydrogen (secondary N) is 1. The van der Waals surface area contributed by atoms with Crippen LogP contribution in [0.25, 0.3) is 0 Å². The molecule has 3 rings (SSSR count). The molecule has 2 aromatic rings. The fourth-order valence-electron chi connectivity index (χ4n) is 4.68. The Morgan fingerprint density at radius 3 is 2.32 bits per heavy atom. The molecule has 0 aromatic heterocycles. The van der Waals surface area contributed by atoms with Gasteiger partial charge in [0, 0.05) is 17.6 Å². The lowest BCUT2D eigenvalue weighted by Crippen LogP contribution is -2.54. The molecule has 0 heterocycles. The highest BCUT2D eigenvalue weighted by atomic mass is 35.5. The minimum Gasteiger partial charge on any atom is -0.495 e.